The number of carbonyl (C=O) groups is 2. The van der Waals surface area contributed by atoms with E-state index in [1.54, 1.807) is 55.5 Å². The van der Waals surface area contributed by atoms with Gasteiger partial charge in [0.05, 0.1) is 10.6 Å². The molecule has 0 aromatic heterocycles. The molecule has 230 valence electrons. The minimum absolute atomic E-state index is 0.0523. The van der Waals surface area contributed by atoms with Crippen molar-refractivity contribution in [2.45, 2.75) is 51.5 Å². The third kappa shape index (κ3) is 7.29. The van der Waals surface area contributed by atoms with Crippen LogP contribution in [0.15, 0.2) is 95.9 Å². The molecule has 0 atom stereocenters. The van der Waals surface area contributed by atoms with Crippen molar-refractivity contribution in [1.29, 1.82) is 0 Å². The van der Waals surface area contributed by atoms with E-state index in [1.807, 2.05) is 58.0 Å². The Bertz CT molecular complexity index is 1750. The van der Waals surface area contributed by atoms with E-state index < -0.39 is 22.5 Å². The van der Waals surface area contributed by atoms with Crippen molar-refractivity contribution in [2.24, 2.45) is 0 Å². The lowest BCUT2D eigenvalue weighted by Crippen LogP contribution is -2.39. The van der Waals surface area contributed by atoms with E-state index in [0.717, 1.165) is 21.0 Å². The predicted molar refractivity (Wildman–Crippen MR) is 175 cm³/mol. The molecule has 0 saturated heterocycles. The lowest BCUT2D eigenvalue weighted by Gasteiger charge is -2.28. The number of ether oxygens (including phenoxy) is 1. The van der Waals surface area contributed by atoms with Gasteiger partial charge in [-0.2, -0.15) is 0 Å². The molecule has 0 aliphatic heterocycles. The molecule has 0 aliphatic carbocycles. The van der Waals surface area contributed by atoms with Gasteiger partial charge in [0.1, 0.15) is 18.9 Å². The van der Waals surface area contributed by atoms with Crippen LogP contribution in [0.3, 0.4) is 0 Å². The molecular weight excluding hydrogens is 574 g/mol. The number of aryl methyl sites for hydroxylation is 1. The molecule has 0 fully saturated rings. The molecule has 2 amide bonds. The Labute approximate surface area is 260 Å². The predicted octanol–water partition coefficient (Wildman–Crippen LogP) is 6.37. The highest BCUT2D eigenvalue weighted by molar-refractivity contribution is 7.92. The van der Waals surface area contributed by atoms with Crippen LogP contribution in [0.2, 0.25) is 0 Å². The minimum atomic E-state index is -4.17. The standard InChI is InChI=1S/C35H39N3O5S/c1-24-17-20-31(25(2)33(24)43-23-26-13-9-7-10-14-26)38(44(41,42)28-15-11-8-12-16-28)22-32(39)37-30-21-27(34(40)36-6)18-19-29(30)35(3,4)5/h7-21H,22-23H2,1-6H3,(H,36,40)(H,37,39). The van der Waals surface area contributed by atoms with Crippen LogP contribution >= 0.6 is 0 Å². The summed E-state index contributed by atoms with van der Waals surface area (Å²) in [5, 5.41) is 5.49. The summed E-state index contributed by atoms with van der Waals surface area (Å²) >= 11 is 0. The summed E-state index contributed by atoms with van der Waals surface area (Å²) in [6.45, 7) is 9.47. The normalized spacial score (nSPS) is 11.5. The van der Waals surface area contributed by atoms with Crippen LogP contribution in [0, 0.1) is 13.8 Å². The van der Waals surface area contributed by atoms with Gasteiger partial charge >= 0.3 is 0 Å². The van der Waals surface area contributed by atoms with E-state index in [4.69, 9.17) is 4.74 Å². The highest BCUT2D eigenvalue weighted by Gasteiger charge is 2.30. The van der Waals surface area contributed by atoms with E-state index >= 15 is 0 Å². The van der Waals surface area contributed by atoms with Crippen LogP contribution in [0.1, 0.15) is 53.4 Å². The number of amides is 2. The second-order valence-corrected chi connectivity index (χ2v) is 13.5. The second-order valence-electron chi connectivity index (χ2n) is 11.6. The molecule has 8 nitrogen and oxygen atoms in total. The average molecular weight is 614 g/mol. The van der Waals surface area contributed by atoms with E-state index in [0.29, 0.717) is 34.9 Å². The number of anilines is 2. The first-order chi connectivity index (χ1) is 20.8. The molecule has 0 bridgehead atoms. The van der Waals surface area contributed by atoms with Gasteiger partial charge in [-0.3, -0.25) is 13.9 Å². The molecule has 0 aliphatic rings. The van der Waals surface area contributed by atoms with Gasteiger partial charge in [0.15, 0.2) is 0 Å². The summed E-state index contributed by atoms with van der Waals surface area (Å²) in [6, 6.07) is 26.3. The van der Waals surface area contributed by atoms with Crippen LogP contribution < -0.4 is 19.7 Å². The van der Waals surface area contributed by atoms with E-state index in [-0.39, 0.29) is 16.2 Å². The number of sulfonamides is 1. The first-order valence-electron chi connectivity index (χ1n) is 14.3. The van der Waals surface area contributed by atoms with Gasteiger partial charge in [-0.05, 0) is 66.3 Å². The van der Waals surface area contributed by atoms with Crippen LogP contribution in [0.5, 0.6) is 5.75 Å². The molecule has 4 aromatic carbocycles. The lowest BCUT2D eigenvalue weighted by atomic mass is 9.85. The van der Waals surface area contributed by atoms with E-state index in [9.17, 15) is 18.0 Å². The Morgan fingerprint density at radius 3 is 2.11 bits per heavy atom. The van der Waals surface area contributed by atoms with Gasteiger partial charge in [0.25, 0.3) is 15.9 Å². The van der Waals surface area contributed by atoms with Gasteiger partial charge < -0.3 is 15.4 Å². The third-order valence-electron chi connectivity index (χ3n) is 7.28. The van der Waals surface area contributed by atoms with Crippen LogP contribution in [0.4, 0.5) is 11.4 Å². The molecule has 44 heavy (non-hydrogen) atoms. The van der Waals surface area contributed by atoms with Gasteiger partial charge in [-0.25, -0.2) is 8.42 Å². The zero-order valence-electron chi connectivity index (χ0n) is 26.0. The molecule has 0 heterocycles. The number of hydrogen-bond acceptors (Lipinski definition) is 5. The number of nitrogens with zero attached hydrogens (tertiary/aromatic N) is 1. The first-order valence-corrected chi connectivity index (χ1v) is 15.8. The van der Waals surface area contributed by atoms with Gasteiger partial charge in [-0.1, -0.05) is 81.4 Å². The van der Waals surface area contributed by atoms with Gasteiger partial charge in [0, 0.05) is 23.9 Å². The van der Waals surface area contributed by atoms with Crippen molar-refractivity contribution in [3.8, 4) is 5.75 Å². The molecule has 0 unspecified atom stereocenters. The maximum Gasteiger partial charge on any atom is 0.264 e. The monoisotopic (exact) mass is 613 g/mol. The fourth-order valence-electron chi connectivity index (χ4n) is 4.97. The number of hydrogen-bond donors (Lipinski definition) is 2. The van der Waals surface area contributed by atoms with Crippen molar-refractivity contribution in [2.75, 3.05) is 23.2 Å². The summed E-state index contributed by atoms with van der Waals surface area (Å²) in [5.41, 5.74) is 3.98. The second kappa shape index (κ2) is 13.3. The van der Waals surface area contributed by atoms with Crippen LogP contribution in [-0.4, -0.2) is 33.8 Å². The Hall–Kier alpha value is -4.63. The summed E-state index contributed by atoms with van der Waals surface area (Å²) in [4.78, 5) is 26.2. The van der Waals surface area contributed by atoms with Crippen LogP contribution in [0.25, 0.3) is 0 Å². The van der Waals surface area contributed by atoms with Crippen molar-refractivity contribution in [3.63, 3.8) is 0 Å². The molecule has 0 spiro atoms. The molecule has 2 N–H and O–H groups in total. The topological polar surface area (TPSA) is 105 Å². The van der Waals surface area contributed by atoms with Crippen LogP contribution in [-0.2, 0) is 26.8 Å². The summed E-state index contributed by atoms with van der Waals surface area (Å²) in [6.07, 6.45) is 0. The fourth-order valence-corrected chi connectivity index (χ4v) is 6.46. The highest BCUT2D eigenvalue weighted by Crippen LogP contribution is 2.36. The Morgan fingerprint density at radius 1 is 0.864 bits per heavy atom. The summed E-state index contributed by atoms with van der Waals surface area (Å²) in [5.74, 6) is -0.309. The van der Waals surface area contributed by atoms with Crippen molar-refractivity contribution in [3.05, 3.63) is 119 Å². The largest absolute Gasteiger partial charge is 0.488 e. The average Bonchev–Trinajstić information content (AvgIpc) is 3.00. The molecule has 0 saturated carbocycles. The number of benzene rings is 4. The van der Waals surface area contributed by atoms with Crippen molar-refractivity contribution >= 4 is 33.2 Å². The smallest absolute Gasteiger partial charge is 0.264 e. The number of rotatable bonds is 10. The third-order valence-corrected chi connectivity index (χ3v) is 9.05. The summed E-state index contributed by atoms with van der Waals surface area (Å²) < 4.78 is 35.5. The molecule has 4 aromatic rings. The Kier molecular flexibility index (Phi) is 9.79. The maximum atomic E-state index is 14.1. The first kappa shape index (κ1) is 32.3. The maximum absolute atomic E-state index is 14.1. The van der Waals surface area contributed by atoms with E-state index in [2.05, 4.69) is 10.6 Å². The molecule has 0 radical (unpaired) electrons. The highest BCUT2D eigenvalue weighted by atomic mass is 32.2. The molecule has 4 rings (SSSR count). The quantitative estimate of drug-likeness (QED) is 0.216. The van der Waals surface area contributed by atoms with Gasteiger partial charge in [0.2, 0.25) is 5.91 Å². The lowest BCUT2D eigenvalue weighted by molar-refractivity contribution is -0.114. The van der Waals surface area contributed by atoms with E-state index in [1.165, 1.54) is 19.2 Å². The summed E-state index contributed by atoms with van der Waals surface area (Å²) in [7, 11) is -2.64. The fraction of sp³-hybridized carbons (Fsp3) is 0.257. The zero-order chi connectivity index (χ0) is 32.1. The Morgan fingerprint density at radius 2 is 1.50 bits per heavy atom. The Balaban J connectivity index is 1.75. The number of carbonyl (C=O) groups excluding carboxylic acids is 2. The van der Waals surface area contributed by atoms with Crippen molar-refractivity contribution < 1.29 is 22.7 Å². The SMILES string of the molecule is CNC(=O)c1ccc(C(C)(C)C)c(NC(=O)CN(c2ccc(C)c(OCc3ccccc3)c2C)S(=O)(=O)c2ccccc2)c1. The molecular formula is C35H39N3O5S. The number of nitrogens with one attached hydrogen (secondary N) is 2. The molecule has 9 heteroatoms. The zero-order valence-corrected chi connectivity index (χ0v) is 26.8. The van der Waals surface area contributed by atoms with Gasteiger partial charge in [-0.15, -0.1) is 0 Å². The minimum Gasteiger partial charge on any atom is -0.488 e. The van der Waals surface area contributed by atoms with Crippen molar-refractivity contribution in [1.82, 2.24) is 5.32 Å².